The Hall–Kier alpha value is -1.19. The highest BCUT2D eigenvalue weighted by Gasteiger charge is 2.27. The summed E-state index contributed by atoms with van der Waals surface area (Å²) in [6.45, 7) is 3.45. The highest BCUT2D eigenvalue weighted by Crippen LogP contribution is 2.06. The second-order valence-corrected chi connectivity index (χ2v) is 6.71. The molecule has 8 nitrogen and oxygen atoms in total. The van der Waals surface area contributed by atoms with Gasteiger partial charge >= 0.3 is 5.97 Å². The van der Waals surface area contributed by atoms with E-state index in [4.69, 9.17) is 9.84 Å². The van der Waals surface area contributed by atoms with E-state index in [1.54, 1.807) is 0 Å². The molecule has 0 bridgehead atoms. The zero-order valence-electron chi connectivity index (χ0n) is 12.0. The van der Waals surface area contributed by atoms with Gasteiger partial charge in [-0.25, -0.2) is 17.9 Å². The summed E-state index contributed by atoms with van der Waals surface area (Å²) >= 11 is 0. The van der Waals surface area contributed by atoms with E-state index >= 15 is 0 Å². The first kappa shape index (κ1) is 18.8. The number of hydrogen-bond acceptors (Lipinski definition) is 5. The number of hydrogen-bond donors (Lipinski definition) is 3. The van der Waals surface area contributed by atoms with Gasteiger partial charge in [-0.3, -0.25) is 4.79 Å². The SMILES string of the molecule is COCC(NC(=O)C(CC(C)C)NS(C)(=O)=O)C(=O)O. The van der Waals surface area contributed by atoms with E-state index in [1.807, 2.05) is 13.8 Å². The molecule has 0 saturated heterocycles. The number of rotatable bonds is 9. The van der Waals surface area contributed by atoms with E-state index in [0.717, 1.165) is 6.26 Å². The van der Waals surface area contributed by atoms with Gasteiger partial charge in [0, 0.05) is 7.11 Å². The number of methoxy groups -OCH3 is 1. The molecule has 2 unspecified atom stereocenters. The van der Waals surface area contributed by atoms with Gasteiger partial charge in [0.05, 0.1) is 12.9 Å². The van der Waals surface area contributed by atoms with Crippen LogP contribution in [-0.4, -0.2) is 57.5 Å². The zero-order chi connectivity index (χ0) is 15.9. The van der Waals surface area contributed by atoms with Crippen molar-refractivity contribution in [2.24, 2.45) is 5.92 Å². The lowest BCUT2D eigenvalue weighted by atomic mass is 10.0. The maximum absolute atomic E-state index is 12.0. The Kier molecular flexibility index (Phi) is 7.69. The van der Waals surface area contributed by atoms with Crippen molar-refractivity contribution in [2.75, 3.05) is 20.0 Å². The average Bonchev–Trinajstić information content (AvgIpc) is 2.24. The Morgan fingerprint density at radius 1 is 1.25 bits per heavy atom. The molecule has 0 aliphatic carbocycles. The Balaban J connectivity index is 4.89. The number of sulfonamides is 1. The van der Waals surface area contributed by atoms with Gasteiger partial charge in [-0.2, -0.15) is 0 Å². The van der Waals surface area contributed by atoms with Gasteiger partial charge in [0.1, 0.15) is 6.04 Å². The summed E-state index contributed by atoms with van der Waals surface area (Å²) in [6, 6.07) is -2.23. The quantitative estimate of drug-likeness (QED) is 0.511. The van der Waals surface area contributed by atoms with Crippen molar-refractivity contribution in [3.05, 3.63) is 0 Å². The van der Waals surface area contributed by atoms with Crippen LogP contribution in [0.5, 0.6) is 0 Å². The topological polar surface area (TPSA) is 122 Å². The van der Waals surface area contributed by atoms with E-state index in [2.05, 4.69) is 10.0 Å². The molecule has 1 amide bonds. The molecule has 20 heavy (non-hydrogen) atoms. The van der Waals surface area contributed by atoms with Crippen LogP contribution >= 0.6 is 0 Å². The van der Waals surface area contributed by atoms with Crippen molar-refractivity contribution in [2.45, 2.75) is 32.4 Å². The minimum atomic E-state index is -3.57. The first-order chi connectivity index (χ1) is 9.06. The molecule has 0 saturated carbocycles. The summed E-state index contributed by atoms with van der Waals surface area (Å²) in [4.78, 5) is 22.9. The van der Waals surface area contributed by atoms with Crippen LogP contribution in [0.2, 0.25) is 0 Å². The standard InChI is InChI=1S/C11H22N2O6S/c1-7(2)5-8(13-20(4,17)18)10(14)12-9(6-19-3)11(15)16/h7-9,13H,5-6H2,1-4H3,(H,12,14)(H,15,16). The molecule has 9 heteroatoms. The predicted molar refractivity (Wildman–Crippen MR) is 72.7 cm³/mol. The van der Waals surface area contributed by atoms with Crippen molar-refractivity contribution < 1.29 is 27.9 Å². The number of carbonyl (C=O) groups excluding carboxylic acids is 1. The summed E-state index contributed by atoms with van der Waals surface area (Å²) in [5.74, 6) is -1.87. The second kappa shape index (κ2) is 8.18. The fourth-order valence-corrected chi connectivity index (χ4v) is 2.27. The first-order valence-electron chi connectivity index (χ1n) is 6.06. The van der Waals surface area contributed by atoms with Crippen LogP contribution < -0.4 is 10.0 Å². The maximum atomic E-state index is 12.0. The normalized spacial score (nSPS) is 14.8. The Morgan fingerprint density at radius 3 is 2.15 bits per heavy atom. The molecule has 0 aromatic carbocycles. The zero-order valence-corrected chi connectivity index (χ0v) is 12.9. The van der Waals surface area contributed by atoms with E-state index in [9.17, 15) is 18.0 Å². The van der Waals surface area contributed by atoms with E-state index in [-0.39, 0.29) is 18.9 Å². The Bertz CT molecular complexity index is 434. The summed E-state index contributed by atoms with van der Waals surface area (Å²) in [6.07, 6.45) is 1.20. The summed E-state index contributed by atoms with van der Waals surface area (Å²) in [5.41, 5.74) is 0. The molecule has 0 fully saturated rings. The third-order valence-corrected chi connectivity index (χ3v) is 3.04. The minimum absolute atomic E-state index is 0.0608. The molecule has 0 spiro atoms. The monoisotopic (exact) mass is 310 g/mol. The fourth-order valence-electron chi connectivity index (χ4n) is 1.55. The second-order valence-electron chi connectivity index (χ2n) is 4.93. The molecule has 0 rings (SSSR count). The number of amides is 1. The van der Waals surface area contributed by atoms with Gasteiger partial charge < -0.3 is 15.2 Å². The number of nitrogens with one attached hydrogen (secondary N) is 2. The van der Waals surface area contributed by atoms with E-state index in [0.29, 0.717) is 0 Å². The van der Waals surface area contributed by atoms with E-state index < -0.39 is 34.0 Å². The molecule has 0 aliphatic heterocycles. The fraction of sp³-hybridized carbons (Fsp3) is 0.818. The Labute approximate surface area is 118 Å². The van der Waals surface area contributed by atoms with Gasteiger partial charge in [-0.15, -0.1) is 0 Å². The summed E-state index contributed by atoms with van der Waals surface area (Å²) < 4.78 is 29.4. The number of carboxylic acid groups (broad SMARTS) is 1. The van der Waals surface area contributed by atoms with E-state index in [1.165, 1.54) is 7.11 Å². The van der Waals surface area contributed by atoms with Crippen molar-refractivity contribution in [3.63, 3.8) is 0 Å². The van der Waals surface area contributed by atoms with Crippen LogP contribution in [0.1, 0.15) is 20.3 Å². The summed E-state index contributed by atoms with van der Waals surface area (Å²) in [5, 5.41) is 11.2. The van der Waals surface area contributed by atoms with Gasteiger partial charge in [-0.1, -0.05) is 13.8 Å². The smallest absolute Gasteiger partial charge is 0.328 e. The van der Waals surface area contributed by atoms with Crippen LogP contribution in [0.3, 0.4) is 0 Å². The summed E-state index contributed by atoms with van der Waals surface area (Å²) in [7, 11) is -2.26. The van der Waals surface area contributed by atoms with Crippen LogP contribution in [-0.2, 0) is 24.3 Å². The molecule has 0 aliphatic rings. The number of carbonyl (C=O) groups is 2. The van der Waals surface area contributed by atoms with Gasteiger partial charge in [-0.05, 0) is 12.3 Å². The molecule has 0 aromatic heterocycles. The van der Waals surface area contributed by atoms with Crippen LogP contribution in [0.25, 0.3) is 0 Å². The van der Waals surface area contributed by atoms with Crippen molar-refractivity contribution in [1.82, 2.24) is 10.0 Å². The average molecular weight is 310 g/mol. The molecule has 0 heterocycles. The van der Waals surface area contributed by atoms with Crippen molar-refractivity contribution in [3.8, 4) is 0 Å². The lowest BCUT2D eigenvalue weighted by Crippen LogP contribution is -2.53. The highest BCUT2D eigenvalue weighted by atomic mass is 32.2. The van der Waals surface area contributed by atoms with Crippen molar-refractivity contribution >= 4 is 21.9 Å². The lowest BCUT2D eigenvalue weighted by Gasteiger charge is -2.21. The lowest BCUT2D eigenvalue weighted by molar-refractivity contribution is -0.143. The van der Waals surface area contributed by atoms with Crippen molar-refractivity contribution in [1.29, 1.82) is 0 Å². The first-order valence-corrected chi connectivity index (χ1v) is 7.95. The highest BCUT2D eigenvalue weighted by molar-refractivity contribution is 7.88. The maximum Gasteiger partial charge on any atom is 0.328 e. The van der Waals surface area contributed by atoms with Crippen LogP contribution in [0, 0.1) is 5.92 Å². The van der Waals surface area contributed by atoms with Gasteiger partial charge in [0.2, 0.25) is 15.9 Å². The molecule has 3 N–H and O–H groups in total. The molecular formula is C11H22N2O6S. The number of aliphatic carboxylic acids is 1. The molecule has 118 valence electrons. The third-order valence-electron chi connectivity index (χ3n) is 2.33. The van der Waals surface area contributed by atoms with Gasteiger partial charge in [0.25, 0.3) is 0 Å². The molecule has 0 radical (unpaired) electrons. The number of ether oxygens (including phenoxy) is 1. The van der Waals surface area contributed by atoms with Crippen LogP contribution in [0.15, 0.2) is 0 Å². The minimum Gasteiger partial charge on any atom is -0.480 e. The predicted octanol–water partition coefficient (Wildman–Crippen LogP) is -0.834. The largest absolute Gasteiger partial charge is 0.480 e. The van der Waals surface area contributed by atoms with Gasteiger partial charge in [0.15, 0.2) is 6.04 Å². The molecular weight excluding hydrogens is 288 g/mol. The number of carboxylic acids is 1. The van der Waals surface area contributed by atoms with Crippen LogP contribution in [0.4, 0.5) is 0 Å². The third kappa shape index (κ3) is 8.08. The molecule has 0 aromatic rings. The molecule has 2 atom stereocenters. The Morgan fingerprint density at radius 2 is 1.80 bits per heavy atom.